The molecule has 0 fully saturated rings. The lowest BCUT2D eigenvalue weighted by atomic mass is 9.95. The van der Waals surface area contributed by atoms with Crippen LogP contribution in [0.25, 0.3) is 22.6 Å². The monoisotopic (exact) mass is 400 g/mol. The summed E-state index contributed by atoms with van der Waals surface area (Å²) in [6.45, 7) is 7.91. The van der Waals surface area contributed by atoms with Crippen LogP contribution in [0.5, 0.6) is 5.75 Å². The van der Waals surface area contributed by atoms with Gasteiger partial charge in [0.25, 0.3) is 0 Å². The molecule has 3 aromatic heterocycles. The van der Waals surface area contributed by atoms with Gasteiger partial charge in [0.2, 0.25) is 0 Å². The number of benzene rings is 1. The second-order valence-electron chi connectivity index (χ2n) is 8.13. The molecule has 152 valence electrons. The second-order valence-corrected chi connectivity index (χ2v) is 8.13. The number of hydrogen-bond acceptors (Lipinski definition) is 5. The molecule has 4 heterocycles. The minimum absolute atomic E-state index is 0.317. The third-order valence-corrected chi connectivity index (χ3v) is 5.66. The van der Waals surface area contributed by atoms with E-state index in [4.69, 9.17) is 4.74 Å². The summed E-state index contributed by atoms with van der Waals surface area (Å²) in [6.07, 6.45) is 5.70. The van der Waals surface area contributed by atoms with E-state index in [1.807, 2.05) is 31.6 Å². The van der Waals surface area contributed by atoms with Gasteiger partial charge in [-0.15, -0.1) is 5.10 Å². The molecule has 7 heteroatoms. The molecule has 1 aliphatic rings. The third kappa shape index (κ3) is 3.36. The normalized spacial score (nSPS) is 15.4. The Hall–Kier alpha value is -3.48. The van der Waals surface area contributed by atoms with Crippen LogP contribution in [-0.4, -0.2) is 36.6 Å². The fourth-order valence-electron chi connectivity index (χ4n) is 3.92. The van der Waals surface area contributed by atoms with Crippen molar-refractivity contribution in [3.05, 3.63) is 65.9 Å². The number of H-pyrrole nitrogens is 1. The summed E-state index contributed by atoms with van der Waals surface area (Å²) in [5, 5.41) is 10.9. The number of nitrogens with zero attached hydrogens (tertiary/aromatic N) is 5. The average Bonchev–Trinajstić information content (AvgIpc) is 3.48. The highest BCUT2D eigenvalue weighted by Gasteiger charge is 2.25. The fourth-order valence-corrected chi connectivity index (χ4v) is 3.92. The van der Waals surface area contributed by atoms with E-state index in [2.05, 4.69) is 62.0 Å². The first-order valence-corrected chi connectivity index (χ1v) is 10.2. The maximum absolute atomic E-state index is 5.92. The average molecular weight is 400 g/mol. The molecule has 4 aromatic rings. The molecule has 0 spiro atoms. The summed E-state index contributed by atoms with van der Waals surface area (Å²) in [5.74, 6) is 1.82. The molecule has 1 N–H and O–H groups in total. The van der Waals surface area contributed by atoms with Gasteiger partial charge < -0.3 is 9.30 Å². The Labute approximate surface area is 175 Å². The van der Waals surface area contributed by atoms with Crippen molar-refractivity contribution in [2.45, 2.75) is 39.2 Å². The van der Waals surface area contributed by atoms with Gasteiger partial charge in [-0.2, -0.15) is 0 Å². The predicted molar refractivity (Wildman–Crippen MR) is 114 cm³/mol. The van der Waals surface area contributed by atoms with E-state index in [1.165, 1.54) is 11.1 Å². The molecule has 0 amide bonds. The number of imidazole rings is 1. The van der Waals surface area contributed by atoms with Crippen LogP contribution in [0.4, 0.5) is 0 Å². The third-order valence-electron chi connectivity index (χ3n) is 5.66. The van der Waals surface area contributed by atoms with E-state index in [0.717, 1.165) is 40.6 Å². The minimum atomic E-state index is 0.317. The lowest BCUT2D eigenvalue weighted by Crippen LogP contribution is -2.09. The zero-order chi connectivity index (χ0) is 20.7. The number of fused-ring (bicyclic) bond motifs is 1. The molecule has 0 radical (unpaired) electrons. The van der Waals surface area contributed by atoms with Gasteiger partial charge >= 0.3 is 0 Å². The van der Waals surface area contributed by atoms with Crippen LogP contribution in [0.15, 0.2) is 49.1 Å². The second kappa shape index (κ2) is 7.40. The lowest BCUT2D eigenvalue weighted by molar-refractivity contribution is 0.319. The van der Waals surface area contributed by atoms with Gasteiger partial charge in [-0.3, -0.25) is 10.1 Å². The van der Waals surface area contributed by atoms with Crippen LogP contribution in [0.2, 0.25) is 0 Å². The molecular formula is C23H24N6O. The van der Waals surface area contributed by atoms with Crippen LogP contribution in [0.3, 0.4) is 0 Å². The standard InChI is InChI=1S/C23H24N6O/c1-14(2)16-4-5-22-19(8-16)18(12-30-22)10-29-11-21(25-13-29)20-9-17(6-7-24-20)23-15(3)26-28-27-23/h4-9,11,13-14,18H,10,12H2,1-3H3,(H,26,27,28)/t18-/m0/s1. The van der Waals surface area contributed by atoms with Gasteiger partial charge in [0.05, 0.1) is 24.3 Å². The maximum atomic E-state index is 5.92. The quantitative estimate of drug-likeness (QED) is 0.539. The first-order chi connectivity index (χ1) is 14.6. The van der Waals surface area contributed by atoms with E-state index in [1.54, 1.807) is 6.20 Å². The molecular weight excluding hydrogens is 376 g/mol. The Morgan fingerprint density at radius 1 is 1.17 bits per heavy atom. The van der Waals surface area contributed by atoms with Gasteiger partial charge in [-0.1, -0.05) is 31.2 Å². The van der Waals surface area contributed by atoms with Crippen molar-refractivity contribution in [3.63, 3.8) is 0 Å². The van der Waals surface area contributed by atoms with Crippen molar-refractivity contribution in [2.24, 2.45) is 0 Å². The summed E-state index contributed by atoms with van der Waals surface area (Å²) < 4.78 is 8.04. The maximum Gasteiger partial charge on any atom is 0.123 e. The van der Waals surface area contributed by atoms with Crippen LogP contribution in [0, 0.1) is 6.92 Å². The molecule has 0 saturated carbocycles. The molecule has 1 aliphatic heterocycles. The molecule has 7 nitrogen and oxygen atoms in total. The van der Waals surface area contributed by atoms with Crippen LogP contribution in [-0.2, 0) is 6.54 Å². The number of hydrogen-bond donors (Lipinski definition) is 1. The number of aryl methyl sites for hydroxylation is 1. The predicted octanol–water partition coefficient (Wildman–Crippen LogP) is 4.34. The van der Waals surface area contributed by atoms with E-state index in [-0.39, 0.29) is 0 Å². The Morgan fingerprint density at radius 2 is 2.07 bits per heavy atom. The highest BCUT2D eigenvalue weighted by Crippen LogP contribution is 2.37. The minimum Gasteiger partial charge on any atom is -0.493 e. The highest BCUT2D eigenvalue weighted by atomic mass is 16.5. The number of nitrogens with one attached hydrogen (secondary N) is 1. The fraction of sp³-hybridized carbons (Fsp3) is 0.304. The molecule has 0 aliphatic carbocycles. The van der Waals surface area contributed by atoms with Crippen molar-refractivity contribution in [2.75, 3.05) is 6.61 Å². The van der Waals surface area contributed by atoms with Gasteiger partial charge in [0, 0.05) is 36.0 Å². The SMILES string of the molecule is Cc1[nH]nnc1-c1ccnc(-c2cn(C[C@H]3COc4ccc(C(C)C)cc43)cn2)c1. The van der Waals surface area contributed by atoms with E-state index in [9.17, 15) is 0 Å². The molecule has 0 saturated heterocycles. The Bertz CT molecular complexity index is 1190. The number of pyridine rings is 1. The van der Waals surface area contributed by atoms with Gasteiger partial charge in [-0.05, 0) is 36.6 Å². The smallest absolute Gasteiger partial charge is 0.123 e. The Morgan fingerprint density at radius 3 is 2.87 bits per heavy atom. The van der Waals surface area contributed by atoms with Crippen LogP contribution < -0.4 is 4.74 Å². The lowest BCUT2D eigenvalue weighted by Gasteiger charge is -2.12. The van der Waals surface area contributed by atoms with Crippen LogP contribution >= 0.6 is 0 Å². The molecule has 5 rings (SSSR count). The number of aromatic amines is 1. The summed E-state index contributed by atoms with van der Waals surface area (Å²) in [4.78, 5) is 9.09. The Kier molecular flexibility index (Phi) is 4.58. The largest absolute Gasteiger partial charge is 0.493 e. The van der Waals surface area contributed by atoms with Crippen molar-refractivity contribution in [3.8, 4) is 28.4 Å². The van der Waals surface area contributed by atoms with E-state index in [0.29, 0.717) is 18.4 Å². The zero-order valence-corrected chi connectivity index (χ0v) is 17.3. The number of aromatic nitrogens is 6. The van der Waals surface area contributed by atoms with Crippen molar-refractivity contribution < 1.29 is 4.74 Å². The summed E-state index contributed by atoms with van der Waals surface area (Å²) in [6, 6.07) is 10.5. The summed E-state index contributed by atoms with van der Waals surface area (Å²) in [7, 11) is 0. The first kappa shape index (κ1) is 18.5. The van der Waals surface area contributed by atoms with E-state index < -0.39 is 0 Å². The number of ether oxygens (including phenoxy) is 1. The summed E-state index contributed by atoms with van der Waals surface area (Å²) >= 11 is 0. The molecule has 0 bridgehead atoms. The zero-order valence-electron chi connectivity index (χ0n) is 17.3. The molecule has 1 atom stereocenters. The summed E-state index contributed by atoms with van der Waals surface area (Å²) in [5.41, 5.74) is 7.03. The molecule has 0 unspecified atom stereocenters. The van der Waals surface area contributed by atoms with E-state index >= 15 is 0 Å². The Balaban J connectivity index is 1.38. The molecule has 1 aromatic carbocycles. The van der Waals surface area contributed by atoms with Crippen molar-refractivity contribution in [1.82, 2.24) is 29.9 Å². The highest BCUT2D eigenvalue weighted by molar-refractivity contribution is 5.67. The van der Waals surface area contributed by atoms with Gasteiger partial charge in [-0.25, -0.2) is 4.98 Å². The van der Waals surface area contributed by atoms with Gasteiger partial charge in [0.15, 0.2) is 0 Å². The van der Waals surface area contributed by atoms with Crippen molar-refractivity contribution >= 4 is 0 Å². The first-order valence-electron chi connectivity index (χ1n) is 10.2. The van der Waals surface area contributed by atoms with Gasteiger partial charge in [0.1, 0.15) is 17.1 Å². The molecule has 30 heavy (non-hydrogen) atoms. The topological polar surface area (TPSA) is 81.5 Å². The number of rotatable bonds is 5. The van der Waals surface area contributed by atoms with Crippen LogP contribution in [0.1, 0.15) is 42.5 Å². The van der Waals surface area contributed by atoms with Crippen molar-refractivity contribution in [1.29, 1.82) is 0 Å².